The summed E-state index contributed by atoms with van der Waals surface area (Å²) in [4.78, 5) is 11.4. The summed E-state index contributed by atoms with van der Waals surface area (Å²) in [6, 6.07) is 6.72. The van der Waals surface area contributed by atoms with Gasteiger partial charge in [0.2, 0.25) is 5.91 Å². The van der Waals surface area contributed by atoms with Crippen LogP contribution in [0, 0.1) is 5.82 Å². The Hall–Kier alpha value is -1.42. The van der Waals surface area contributed by atoms with E-state index in [1.807, 2.05) is 13.8 Å². The lowest BCUT2D eigenvalue weighted by atomic mass is 10.2. The van der Waals surface area contributed by atoms with Gasteiger partial charge in [0.05, 0.1) is 6.54 Å². The average Bonchev–Trinajstić information content (AvgIpc) is 2.31. The van der Waals surface area contributed by atoms with Gasteiger partial charge in [-0.2, -0.15) is 0 Å². The van der Waals surface area contributed by atoms with Gasteiger partial charge in [-0.1, -0.05) is 25.1 Å². The van der Waals surface area contributed by atoms with E-state index in [0.29, 0.717) is 12.1 Å². The summed E-state index contributed by atoms with van der Waals surface area (Å²) >= 11 is 0. The van der Waals surface area contributed by atoms with Crippen molar-refractivity contribution in [3.8, 4) is 0 Å². The largest absolute Gasteiger partial charge is 0.353 e. The Morgan fingerprint density at radius 3 is 2.76 bits per heavy atom. The molecule has 17 heavy (non-hydrogen) atoms. The number of carbonyl (C=O) groups is 1. The number of hydrogen-bond donors (Lipinski definition) is 2. The average molecular weight is 238 g/mol. The monoisotopic (exact) mass is 238 g/mol. The quantitative estimate of drug-likeness (QED) is 0.794. The summed E-state index contributed by atoms with van der Waals surface area (Å²) in [7, 11) is 0. The van der Waals surface area contributed by atoms with Crippen molar-refractivity contribution in [2.24, 2.45) is 0 Å². The van der Waals surface area contributed by atoms with Crippen LogP contribution in [0.3, 0.4) is 0 Å². The highest BCUT2D eigenvalue weighted by atomic mass is 19.1. The molecule has 3 nitrogen and oxygen atoms in total. The number of benzene rings is 1. The lowest BCUT2D eigenvalue weighted by molar-refractivity contribution is -0.120. The molecule has 0 aliphatic rings. The maximum absolute atomic E-state index is 13.2. The SMILES string of the molecule is CCC(C)NC(=O)CNCc1ccccc1F. The third-order valence-electron chi connectivity index (χ3n) is 2.58. The van der Waals surface area contributed by atoms with Crippen LogP contribution >= 0.6 is 0 Å². The topological polar surface area (TPSA) is 41.1 Å². The molecule has 1 aromatic carbocycles. The van der Waals surface area contributed by atoms with Crippen LogP contribution in [0.1, 0.15) is 25.8 Å². The maximum Gasteiger partial charge on any atom is 0.234 e. The molecule has 1 unspecified atom stereocenters. The Bertz CT molecular complexity index is 368. The fraction of sp³-hybridized carbons (Fsp3) is 0.462. The molecular formula is C13H19FN2O. The number of amides is 1. The van der Waals surface area contributed by atoms with Gasteiger partial charge >= 0.3 is 0 Å². The van der Waals surface area contributed by atoms with Crippen LogP contribution in [0.4, 0.5) is 4.39 Å². The molecule has 94 valence electrons. The molecule has 0 heterocycles. The van der Waals surface area contributed by atoms with Gasteiger partial charge in [-0.05, 0) is 19.4 Å². The van der Waals surface area contributed by atoms with Crippen LogP contribution in [-0.4, -0.2) is 18.5 Å². The first-order chi connectivity index (χ1) is 8.13. The summed E-state index contributed by atoms with van der Waals surface area (Å²) in [5, 5.41) is 5.75. The van der Waals surface area contributed by atoms with E-state index >= 15 is 0 Å². The van der Waals surface area contributed by atoms with E-state index < -0.39 is 0 Å². The Morgan fingerprint density at radius 1 is 1.41 bits per heavy atom. The zero-order valence-electron chi connectivity index (χ0n) is 10.3. The predicted molar refractivity (Wildman–Crippen MR) is 66.0 cm³/mol. The first-order valence-corrected chi connectivity index (χ1v) is 5.87. The highest BCUT2D eigenvalue weighted by Gasteiger charge is 2.05. The molecule has 1 rings (SSSR count). The van der Waals surface area contributed by atoms with Gasteiger partial charge in [0, 0.05) is 18.2 Å². The summed E-state index contributed by atoms with van der Waals surface area (Å²) in [5.41, 5.74) is 0.573. The van der Waals surface area contributed by atoms with E-state index in [-0.39, 0.29) is 24.3 Å². The molecule has 0 aliphatic carbocycles. The normalized spacial score (nSPS) is 12.2. The predicted octanol–water partition coefficient (Wildman–Crippen LogP) is 1.83. The van der Waals surface area contributed by atoms with E-state index in [0.717, 1.165) is 6.42 Å². The fourth-order valence-corrected chi connectivity index (χ4v) is 1.38. The summed E-state index contributed by atoms with van der Waals surface area (Å²) in [6.07, 6.45) is 0.902. The van der Waals surface area contributed by atoms with E-state index in [2.05, 4.69) is 10.6 Å². The Kier molecular flexibility index (Phi) is 5.63. The maximum atomic E-state index is 13.2. The second kappa shape index (κ2) is 7.01. The molecule has 0 spiro atoms. The molecule has 1 aromatic rings. The molecule has 0 aromatic heterocycles. The zero-order chi connectivity index (χ0) is 12.7. The minimum atomic E-state index is -0.248. The highest BCUT2D eigenvalue weighted by Crippen LogP contribution is 2.04. The van der Waals surface area contributed by atoms with Gasteiger partial charge in [0.1, 0.15) is 5.82 Å². The van der Waals surface area contributed by atoms with E-state index in [4.69, 9.17) is 0 Å². The number of rotatable bonds is 6. The first-order valence-electron chi connectivity index (χ1n) is 5.87. The lowest BCUT2D eigenvalue weighted by Gasteiger charge is -2.11. The molecule has 0 saturated carbocycles. The molecule has 0 bridgehead atoms. The molecule has 1 atom stereocenters. The molecule has 0 fully saturated rings. The van der Waals surface area contributed by atoms with Crippen LogP contribution in [0.5, 0.6) is 0 Å². The number of nitrogens with one attached hydrogen (secondary N) is 2. The van der Waals surface area contributed by atoms with Crippen molar-refractivity contribution in [1.82, 2.24) is 10.6 Å². The second-order valence-corrected chi connectivity index (χ2v) is 4.07. The highest BCUT2D eigenvalue weighted by molar-refractivity contribution is 5.78. The van der Waals surface area contributed by atoms with Gasteiger partial charge in [-0.25, -0.2) is 4.39 Å². The first kappa shape index (κ1) is 13.6. The van der Waals surface area contributed by atoms with Gasteiger partial charge in [-0.15, -0.1) is 0 Å². The Labute approximate surface area is 101 Å². The van der Waals surface area contributed by atoms with Crippen molar-refractivity contribution in [2.45, 2.75) is 32.9 Å². The Balaban J connectivity index is 2.29. The second-order valence-electron chi connectivity index (χ2n) is 4.07. The van der Waals surface area contributed by atoms with Crippen molar-refractivity contribution >= 4 is 5.91 Å². The molecular weight excluding hydrogens is 219 g/mol. The number of hydrogen-bond acceptors (Lipinski definition) is 2. The van der Waals surface area contributed by atoms with Gasteiger partial charge < -0.3 is 10.6 Å². The van der Waals surface area contributed by atoms with Crippen LogP contribution in [0.2, 0.25) is 0 Å². The van der Waals surface area contributed by atoms with Crippen molar-refractivity contribution in [3.05, 3.63) is 35.6 Å². The summed E-state index contributed by atoms with van der Waals surface area (Å²) in [6.45, 7) is 4.53. The molecule has 1 amide bonds. The van der Waals surface area contributed by atoms with E-state index in [1.165, 1.54) is 6.07 Å². The van der Waals surface area contributed by atoms with Gasteiger partial charge in [-0.3, -0.25) is 4.79 Å². The van der Waals surface area contributed by atoms with Crippen LogP contribution in [0.15, 0.2) is 24.3 Å². The lowest BCUT2D eigenvalue weighted by Crippen LogP contribution is -2.38. The number of carbonyl (C=O) groups excluding carboxylic acids is 1. The van der Waals surface area contributed by atoms with Crippen molar-refractivity contribution < 1.29 is 9.18 Å². The van der Waals surface area contributed by atoms with E-state index in [9.17, 15) is 9.18 Å². The van der Waals surface area contributed by atoms with Crippen molar-refractivity contribution in [3.63, 3.8) is 0 Å². The minimum absolute atomic E-state index is 0.0595. The third kappa shape index (κ3) is 4.95. The summed E-state index contributed by atoms with van der Waals surface area (Å²) < 4.78 is 13.2. The van der Waals surface area contributed by atoms with Crippen LogP contribution in [0.25, 0.3) is 0 Å². The molecule has 4 heteroatoms. The van der Waals surface area contributed by atoms with Crippen LogP contribution < -0.4 is 10.6 Å². The van der Waals surface area contributed by atoms with Crippen molar-refractivity contribution in [1.29, 1.82) is 0 Å². The minimum Gasteiger partial charge on any atom is -0.353 e. The third-order valence-corrected chi connectivity index (χ3v) is 2.58. The molecule has 0 aliphatic heterocycles. The zero-order valence-corrected chi connectivity index (χ0v) is 10.3. The fourth-order valence-electron chi connectivity index (χ4n) is 1.38. The van der Waals surface area contributed by atoms with Crippen molar-refractivity contribution in [2.75, 3.05) is 6.54 Å². The van der Waals surface area contributed by atoms with Crippen LogP contribution in [-0.2, 0) is 11.3 Å². The van der Waals surface area contributed by atoms with E-state index in [1.54, 1.807) is 18.2 Å². The molecule has 0 radical (unpaired) electrons. The van der Waals surface area contributed by atoms with Gasteiger partial charge in [0.15, 0.2) is 0 Å². The Morgan fingerprint density at radius 2 is 2.12 bits per heavy atom. The molecule has 2 N–H and O–H groups in total. The molecule has 0 saturated heterocycles. The standard InChI is InChI=1S/C13H19FN2O/c1-3-10(2)16-13(17)9-15-8-11-6-4-5-7-12(11)14/h4-7,10,15H,3,8-9H2,1-2H3,(H,16,17). The van der Waals surface area contributed by atoms with Gasteiger partial charge in [0.25, 0.3) is 0 Å². The number of halogens is 1. The summed E-state index contributed by atoms with van der Waals surface area (Å²) in [5.74, 6) is -0.307. The smallest absolute Gasteiger partial charge is 0.234 e.